The first-order chi connectivity index (χ1) is 27.0. The van der Waals surface area contributed by atoms with E-state index in [-0.39, 0.29) is 5.04 Å². The van der Waals surface area contributed by atoms with Gasteiger partial charge < -0.3 is 4.43 Å². The van der Waals surface area contributed by atoms with Crippen molar-refractivity contribution in [3.63, 3.8) is 0 Å². The number of hydrogen-bond donors (Lipinski definition) is 0. The zero-order valence-corrected chi connectivity index (χ0v) is 38.1. The van der Waals surface area contributed by atoms with Crippen LogP contribution in [0.1, 0.15) is 227 Å². The fourth-order valence-electron chi connectivity index (χ4n) is 8.46. The van der Waals surface area contributed by atoms with Crippen LogP contribution in [0.3, 0.4) is 0 Å². The molecule has 0 saturated heterocycles. The van der Waals surface area contributed by atoms with Crippen LogP contribution in [0, 0.1) is 0 Å². The first-order valence-corrected chi connectivity index (χ1v) is 26.0. The van der Waals surface area contributed by atoms with Crippen molar-refractivity contribution in [3.05, 3.63) is 85.0 Å². The highest BCUT2D eigenvalue weighted by molar-refractivity contribution is 6.99. The number of unbranched alkanes of at least 4 members (excludes halogenated alkanes) is 28. The second-order valence-electron chi connectivity index (χ2n) is 17.8. The molecule has 0 aliphatic heterocycles. The van der Waals surface area contributed by atoms with Crippen molar-refractivity contribution in [1.29, 1.82) is 0 Å². The molecule has 2 heteroatoms. The van der Waals surface area contributed by atoms with Gasteiger partial charge in [-0.05, 0) is 66.8 Å². The molecule has 55 heavy (non-hydrogen) atoms. The van der Waals surface area contributed by atoms with E-state index in [4.69, 9.17) is 4.43 Å². The third-order valence-electron chi connectivity index (χ3n) is 11.8. The maximum Gasteiger partial charge on any atom is 0.261 e. The number of rotatable bonds is 37. The van der Waals surface area contributed by atoms with Crippen molar-refractivity contribution in [3.8, 4) is 0 Å². The van der Waals surface area contributed by atoms with Gasteiger partial charge in [-0.2, -0.15) is 0 Å². The highest BCUT2D eigenvalue weighted by Gasteiger charge is 2.49. The molecule has 0 fully saturated rings. The second-order valence-corrected chi connectivity index (χ2v) is 22.1. The zero-order chi connectivity index (χ0) is 39.4. The fourth-order valence-corrected chi connectivity index (χ4v) is 13.1. The minimum absolute atomic E-state index is 0.0674. The summed E-state index contributed by atoms with van der Waals surface area (Å²) >= 11 is 0. The summed E-state index contributed by atoms with van der Waals surface area (Å²) in [6.07, 6.45) is 52.9. The lowest BCUT2D eigenvalue weighted by molar-refractivity contribution is 0.286. The molecule has 2 aromatic rings. The van der Waals surface area contributed by atoms with Gasteiger partial charge >= 0.3 is 0 Å². The third-order valence-corrected chi connectivity index (χ3v) is 16.9. The zero-order valence-electron chi connectivity index (χ0n) is 37.1. The first kappa shape index (κ1) is 49.2. The molecule has 2 aromatic carbocycles. The molecule has 0 atom stereocenters. The van der Waals surface area contributed by atoms with Crippen LogP contribution in [0.2, 0.25) is 5.04 Å². The van der Waals surface area contributed by atoms with Crippen LogP contribution in [0.25, 0.3) is 0 Å². The maximum atomic E-state index is 7.07. The molecule has 0 radical (unpaired) electrons. The van der Waals surface area contributed by atoms with Crippen LogP contribution in [0.15, 0.2) is 85.0 Å². The van der Waals surface area contributed by atoms with Gasteiger partial charge in [-0.15, -0.1) is 0 Å². The van der Waals surface area contributed by atoms with Gasteiger partial charge in [0, 0.05) is 6.61 Å². The van der Waals surface area contributed by atoms with E-state index in [0.29, 0.717) is 0 Å². The Morgan fingerprint density at radius 3 is 0.945 bits per heavy atom. The Labute approximate surface area is 345 Å². The van der Waals surface area contributed by atoms with Crippen LogP contribution in [0.5, 0.6) is 0 Å². The van der Waals surface area contributed by atoms with E-state index >= 15 is 0 Å². The average molecular weight is 771 g/mol. The molecule has 0 unspecified atom stereocenters. The normalized spacial score (nSPS) is 12.4. The van der Waals surface area contributed by atoms with Gasteiger partial charge in [-0.25, -0.2) is 0 Å². The summed E-state index contributed by atoms with van der Waals surface area (Å²) < 4.78 is 7.07. The van der Waals surface area contributed by atoms with E-state index in [0.717, 1.165) is 6.61 Å². The van der Waals surface area contributed by atoms with Crippen molar-refractivity contribution in [2.24, 2.45) is 0 Å². The van der Waals surface area contributed by atoms with Gasteiger partial charge in [0.05, 0.1) is 0 Å². The van der Waals surface area contributed by atoms with Crippen molar-refractivity contribution in [2.45, 2.75) is 232 Å². The summed E-state index contributed by atoms with van der Waals surface area (Å²) in [7, 11) is -2.38. The molecule has 0 aliphatic rings. The Morgan fingerprint density at radius 2 is 0.655 bits per heavy atom. The minimum atomic E-state index is -2.38. The minimum Gasteiger partial charge on any atom is -0.407 e. The standard InChI is InChI=1S/C53H90OSi/c1-5-6-7-8-9-10-11-12-13-14-15-16-17-18-19-20-21-22-23-24-25-26-27-28-29-30-31-32-33-34-35-36-37-38-45-50-54-55(53(2,3)4,51-46-41-39-42-47-51)52-48-43-40-44-49-52/h6-7,17-18,39-44,46-49H,5,8-16,19-38,45,50H2,1-4H3. The molecule has 0 N–H and O–H groups in total. The largest absolute Gasteiger partial charge is 0.407 e. The molecule has 1 nitrogen and oxygen atoms in total. The fraction of sp³-hybridized carbons (Fsp3) is 0.698. The molecule has 0 spiro atoms. The lowest BCUT2D eigenvalue weighted by atomic mass is 10.0. The second kappa shape index (κ2) is 34.2. The van der Waals surface area contributed by atoms with Gasteiger partial charge in [-0.3, -0.25) is 0 Å². The Kier molecular flexibility index (Phi) is 30.6. The van der Waals surface area contributed by atoms with Gasteiger partial charge in [-0.1, -0.05) is 260 Å². The summed E-state index contributed by atoms with van der Waals surface area (Å²) in [4.78, 5) is 0. The van der Waals surface area contributed by atoms with Gasteiger partial charge in [0.25, 0.3) is 8.32 Å². The van der Waals surface area contributed by atoms with Crippen molar-refractivity contribution in [2.75, 3.05) is 6.61 Å². The molecule has 0 saturated carbocycles. The molecule has 0 heterocycles. The monoisotopic (exact) mass is 771 g/mol. The SMILES string of the molecule is CCC=CCCCCCCCCCC=CCCCCCCCCCCCCCCCCCCCCCCO[Si](c1ccccc1)(c1ccccc1)C(C)(C)C. The van der Waals surface area contributed by atoms with Crippen molar-refractivity contribution in [1.82, 2.24) is 0 Å². The highest BCUT2D eigenvalue weighted by atomic mass is 28.4. The predicted octanol–water partition coefficient (Wildman–Crippen LogP) is 16.8. The summed E-state index contributed by atoms with van der Waals surface area (Å²) in [6.45, 7) is 10.2. The molecule has 0 bridgehead atoms. The number of benzene rings is 2. The van der Waals surface area contributed by atoms with Gasteiger partial charge in [0.2, 0.25) is 0 Å². The Morgan fingerprint density at radius 1 is 0.382 bits per heavy atom. The quantitative estimate of drug-likeness (QED) is 0.0378. The average Bonchev–Trinajstić information content (AvgIpc) is 3.19. The van der Waals surface area contributed by atoms with Crippen LogP contribution in [-0.2, 0) is 4.43 Å². The van der Waals surface area contributed by atoms with Crippen LogP contribution in [-0.4, -0.2) is 14.9 Å². The Bertz CT molecular complexity index is 1110. The van der Waals surface area contributed by atoms with Crippen LogP contribution in [0.4, 0.5) is 0 Å². The third kappa shape index (κ3) is 23.8. The van der Waals surface area contributed by atoms with E-state index in [9.17, 15) is 0 Å². The van der Waals surface area contributed by atoms with E-state index in [1.165, 1.54) is 209 Å². The van der Waals surface area contributed by atoms with Crippen LogP contribution < -0.4 is 10.4 Å². The summed E-state index contributed by atoms with van der Waals surface area (Å²) in [6, 6.07) is 22.2. The van der Waals surface area contributed by atoms with Crippen molar-refractivity contribution >= 4 is 18.7 Å². The summed E-state index contributed by atoms with van der Waals surface area (Å²) in [5.74, 6) is 0. The topological polar surface area (TPSA) is 9.23 Å². The maximum absolute atomic E-state index is 7.07. The Hall–Kier alpha value is -1.90. The van der Waals surface area contributed by atoms with Gasteiger partial charge in [0.1, 0.15) is 0 Å². The molecular weight excluding hydrogens is 681 g/mol. The first-order valence-electron chi connectivity index (χ1n) is 24.1. The smallest absolute Gasteiger partial charge is 0.261 e. The van der Waals surface area contributed by atoms with Crippen LogP contribution >= 0.6 is 0 Å². The van der Waals surface area contributed by atoms with Gasteiger partial charge in [0.15, 0.2) is 0 Å². The number of hydrogen-bond acceptors (Lipinski definition) is 1. The molecule has 0 amide bonds. The molecule has 2 rings (SSSR count). The molecule has 0 aliphatic carbocycles. The van der Waals surface area contributed by atoms with E-state index in [1.807, 2.05) is 0 Å². The number of allylic oxidation sites excluding steroid dienone is 4. The predicted molar refractivity (Wildman–Crippen MR) is 251 cm³/mol. The Balaban J connectivity index is 1.31. The van der Waals surface area contributed by atoms with Crippen molar-refractivity contribution < 1.29 is 4.43 Å². The van der Waals surface area contributed by atoms with E-state index in [2.05, 4.69) is 113 Å². The lowest BCUT2D eigenvalue weighted by Gasteiger charge is -2.43. The molecule has 0 aromatic heterocycles. The summed E-state index contributed by atoms with van der Waals surface area (Å²) in [5.41, 5.74) is 0. The molecular formula is C53H90OSi. The van der Waals surface area contributed by atoms with E-state index < -0.39 is 8.32 Å². The lowest BCUT2D eigenvalue weighted by Crippen LogP contribution is -2.66. The summed E-state index contributed by atoms with van der Waals surface area (Å²) in [5, 5.41) is 2.85. The molecule has 312 valence electrons. The van der Waals surface area contributed by atoms with E-state index in [1.54, 1.807) is 0 Å². The highest BCUT2D eigenvalue weighted by Crippen LogP contribution is 2.37.